The molecule has 6 rings (SSSR count). The summed E-state index contributed by atoms with van der Waals surface area (Å²) in [5.74, 6) is 0.169. The summed E-state index contributed by atoms with van der Waals surface area (Å²) in [6.07, 6.45) is 3.99. The van der Waals surface area contributed by atoms with E-state index in [-0.39, 0.29) is 5.89 Å². The van der Waals surface area contributed by atoms with E-state index in [9.17, 15) is 14.4 Å². The normalized spacial score (nSPS) is 16.5. The minimum atomic E-state index is -1.48. The van der Waals surface area contributed by atoms with Crippen molar-refractivity contribution in [2.45, 2.75) is 18.4 Å². The maximum absolute atomic E-state index is 12.6. The minimum absolute atomic E-state index is 0.266. The average molecular weight is 498 g/mol. The van der Waals surface area contributed by atoms with Gasteiger partial charge in [-0.2, -0.15) is 5.10 Å². The van der Waals surface area contributed by atoms with E-state index in [2.05, 4.69) is 36.0 Å². The zero-order valence-corrected chi connectivity index (χ0v) is 19.1. The second kappa shape index (κ2) is 8.78. The van der Waals surface area contributed by atoms with Crippen LogP contribution in [0.2, 0.25) is 0 Å². The Hall–Kier alpha value is -5.20. The summed E-state index contributed by atoms with van der Waals surface area (Å²) in [6, 6.07) is 13.0. The van der Waals surface area contributed by atoms with Gasteiger partial charge >= 0.3 is 6.03 Å². The maximum atomic E-state index is 12.6. The van der Waals surface area contributed by atoms with Crippen LogP contribution >= 0.6 is 0 Å². The number of hydrogen-bond donors (Lipinski definition) is 2. The lowest BCUT2D eigenvalue weighted by Crippen LogP contribution is -2.71. The summed E-state index contributed by atoms with van der Waals surface area (Å²) < 4.78 is 11.5. The fourth-order valence-corrected chi connectivity index (χ4v) is 4.43. The summed E-state index contributed by atoms with van der Waals surface area (Å²) in [5.41, 5.74) is 0.263. The van der Waals surface area contributed by atoms with Crippen LogP contribution in [0.3, 0.4) is 0 Å². The van der Waals surface area contributed by atoms with Crippen molar-refractivity contribution in [3.8, 4) is 34.7 Å². The topological polar surface area (TPSA) is 165 Å². The predicted octanol–water partition coefficient (Wildman–Crippen LogP) is 2.09. The first-order valence-electron chi connectivity index (χ1n) is 11.3. The molecule has 184 valence electrons. The van der Waals surface area contributed by atoms with Crippen LogP contribution in [0, 0.1) is 0 Å². The van der Waals surface area contributed by atoms with E-state index in [1.54, 1.807) is 59.6 Å². The fraction of sp³-hybridized carbons (Fsp3) is 0.167. The van der Waals surface area contributed by atoms with E-state index in [1.165, 1.54) is 6.20 Å². The molecule has 2 aliphatic rings. The van der Waals surface area contributed by atoms with Crippen LogP contribution in [0.25, 0.3) is 23.0 Å². The van der Waals surface area contributed by atoms with E-state index in [0.29, 0.717) is 53.9 Å². The first-order chi connectivity index (χ1) is 18.0. The van der Waals surface area contributed by atoms with Crippen molar-refractivity contribution in [2.24, 2.45) is 0 Å². The molecule has 0 atom stereocenters. The van der Waals surface area contributed by atoms with Crippen molar-refractivity contribution in [1.29, 1.82) is 0 Å². The maximum Gasteiger partial charge on any atom is 0.328 e. The van der Waals surface area contributed by atoms with Crippen molar-refractivity contribution in [3.63, 3.8) is 0 Å². The van der Waals surface area contributed by atoms with Crippen molar-refractivity contribution < 1.29 is 23.5 Å². The number of ether oxygens (including phenoxy) is 1. The highest BCUT2D eigenvalue weighted by atomic mass is 16.5. The summed E-state index contributed by atoms with van der Waals surface area (Å²) in [7, 11) is 0. The largest absolute Gasteiger partial charge is 0.439 e. The van der Waals surface area contributed by atoms with Crippen LogP contribution in [0.5, 0.6) is 11.6 Å². The number of barbiturate groups is 1. The molecular formula is C24H18N8O5. The van der Waals surface area contributed by atoms with E-state index in [1.807, 2.05) is 0 Å². The Kier molecular flexibility index (Phi) is 5.29. The van der Waals surface area contributed by atoms with Crippen LogP contribution in [-0.4, -0.2) is 55.3 Å². The van der Waals surface area contributed by atoms with Crippen molar-refractivity contribution >= 4 is 23.5 Å². The van der Waals surface area contributed by atoms with Crippen LogP contribution in [0.15, 0.2) is 65.3 Å². The SMILES string of the molecule is O=C1NC(=O)C2(CCCN2c2ccc(Oc3ccc(-c4nnc(-c5cccnn5)o4)cc3)nc2)C(=O)N1. The van der Waals surface area contributed by atoms with Gasteiger partial charge in [-0.3, -0.25) is 20.2 Å². The van der Waals surface area contributed by atoms with E-state index >= 15 is 0 Å². The summed E-state index contributed by atoms with van der Waals surface area (Å²) in [6.45, 7) is 0.465. The molecule has 3 aromatic heterocycles. The highest BCUT2D eigenvalue weighted by molar-refractivity contribution is 6.24. The first kappa shape index (κ1) is 22.3. The highest BCUT2D eigenvalue weighted by Gasteiger charge is 2.57. The molecule has 13 nitrogen and oxygen atoms in total. The molecule has 5 heterocycles. The molecule has 0 bridgehead atoms. The number of hydrogen-bond acceptors (Lipinski definition) is 11. The standard InChI is InChI=1S/C24H18N8O5/c33-21-24(22(34)28-23(35)27-21)10-2-12-32(24)15-6-9-18(25-13-15)36-16-7-4-14(5-8-16)19-30-31-20(37-19)17-3-1-11-26-29-17/h1,3-9,11,13H,2,10,12H2,(H2,27,28,33,34,35). The number of rotatable bonds is 5. The molecule has 2 N–H and O–H groups in total. The van der Waals surface area contributed by atoms with Crippen LogP contribution in [-0.2, 0) is 9.59 Å². The molecule has 2 saturated heterocycles. The lowest BCUT2D eigenvalue weighted by molar-refractivity contribution is -0.137. The van der Waals surface area contributed by atoms with Gasteiger partial charge in [-0.1, -0.05) is 0 Å². The summed E-state index contributed by atoms with van der Waals surface area (Å²) in [5, 5.41) is 20.2. The first-order valence-corrected chi connectivity index (χ1v) is 11.3. The molecule has 0 aliphatic carbocycles. The number of carbonyl (C=O) groups excluding carboxylic acids is 3. The molecule has 37 heavy (non-hydrogen) atoms. The Morgan fingerprint density at radius 1 is 0.919 bits per heavy atom. The van der Waals surface area contributed by atoms with Crippen LogP contribution in [0.1, 0.15) is 12.8 Å². The van der Waals surface area contributed by atoms with Gasteiger partial charge in [0.15, 0.2) is 5.54 Å². The number of pyridine rings is 1. The lowest BCUT2D eigenvalue weighted by Gasteiger charge is -2.38. The Balaban J connectivity index is 1.16. The summed E-state index contributed by atoms with van der Waals surface area (Å²) >= 11 is 0. The third-order valence-electron chi connectivity index (χ3n) is 6.16. The zero-order valence-electron chi connectivity index (χ0n) is 19.1. The van der Waals surface area contributed by atoms with E-state index in [4.69, 9.17) is 9.15 Å². The molecule has 1 spiro atoms. The monoisotopic (exact) mass is 498 g/mol. The lowest BCUT2D eigenvalue weighted by atomic mass is 9.92. The van der Waals surface area contributed by atoms with Crippen LogP contribution < -0.4 is 20.3 Å². The Labute approximate surface area is 208 Å². The number of nitrogens with zero attached hydrogens (tertiary/aromatic N) is 6. The fourth-order valence-electron chi connectivity index (χ4n) is 4.43. The number of carbonyl (C=O) groups is 3. The van der Waals surface area contributed by atoms with Crippen molar-refractivity contribution in [1.82, 2.24) is 36.0 Å². The molecule has 4 amide bonds. The molecule has 2 aliphatic heterocycles. The van der Waals surface area contributed by atoms with Gasteiger partial charge in [0.05, 0.1) is 11.9 Å². The van der Waals surface area contributed by atoms with Crippen molar-refractivity contribution in [3.05, 3.63) is 60.9 Å². The molecule has 1 aromatic carbocycles. The second-order valence-corrected chi connectivity index (χ2v) is 8.36. The van der Waals surface area contributed by atoms with E-state index in [0.717, 1.165) is 0 Å². The van der Waals surface area contributed by atoms with Gasteiger partial charge in [0.1, 0.15) is 11.4 Å². The minimum Gasteiger partial charge on any atom is -0.439 e. The number of benzene rings is 1. The Bertz CT molecular complexity index is 1470. The number of amides is 4. The van der Waals surface area contributed by atoms with Gasteiger partial charge in [0, 0.05) is 24.4 Å². The molecule has 0 unspecified atom stereocenters. The molecular weight excluding hydrogens is 480 g/mol. The third kappa shape index (κ3) is 3.91. The molecule has 4 aromatic rings. The quantitative estimate of drug-likeness (QED) is 0.387. The Morgan fingerprint density at radius 3 is 2.41 bits per heavy atom. The number of aromatic nitrogens is 5. The van der Waals surface area contributed by atoms with Gasteiger partial charge in [-0.25, -0.2) is 9.78 Å². The van der Waals surface area contributed by atoms with Gasteiger partial charge in [-0.15, -0.1) is 15.3 Å². The van der Waals surface area contributed by atoms with Gasteiger partial charge in [0.25, 0.3) is 17.7 Å². The smallest absolute Gasteiger partial charge is 0.328 e. The van der Waals surface area contributed by atoms with Gasteiger partial charge in [0.2, 0.25) is 11.8 Å². The van der Waals surface area contributed by atoms with Crippen LogP contribution in [0.4, 0.5) is 10.5 Å². The Morgan fingerprint density at radius 2 is 1.70 bits per heavy atom. The molecule has 2 fully saturated rings. The average Bonchev–Trinajstić information content (AvgIpc) is 3.58. The number of nitrogens with one attached hydrogen (secondary N) is 2. The predicted molar refractivity (Wildman–Crippen MR) is 126 cm³/mol. The van der Waals surface area contributed by atoms with E-state index < -0.39 is 23.4 Å². The highest BCUT2D eigenvalue weighted by Crippen LogP contribution is 2.36. The van der Waals surface area contributed by atoms with Gasteiger partial charge < -0.3 is 14.1 Å². The number of imide groups is 2. The second-order valence-electron chi connectivity index (χ2n) is 8.36. The number of anilines is 1. The zero-order chi connectivity index (χ0) is 25.4. The van der Waals surface area contributed by atoms with Gasteiger partial charge in [-0.05, 0) is 55.3 Å². The molecule has 0 radical (unpaired) electrons. The molecule has 13 heteroatoms. The molecule has 0 saturated carbocycles. The summed E-state index contributed by atoms with van der Waals surface area (Å²) in [4.78, 5) is 42.8. The number of urea groups is 1. The van der Waals surface area contributed by atoms with Crippen molar-refractivity contribution in [2.75, 3.05) is 11.4 Å². The third-order valence-corrected chi connectivity index (χ3v) is 6.16.